The van der Waals surface area contributed by atoms with Crippen molar-refractivity contribution in [1.82, 2.24) is 0 Å². The van der Waals surface area contributed by atoms with E-state index in [1.54, 1.807) is 7.11 Å². The third-order valence-corrected chi connectivity index (χ3v) is 4.43. The van der Waals surface area contributed by atoms with Crippen LogP contribution in [0.15, 0.2) is 18.2 Å². The number of carboxylic acid groups (broad SMARTS) is 1. The maximum Gasteiger partial charge on any atom is 0.311 e. The molecule has 1 unspecified atom stereocenters. The predicted octanol–water partition coefficient (Wildman–Crippen LogP) is 4.14. The van der Waals surface area contributed by atoms with Crippen molar-refractivity contribution in [3.8, 4) is 5.75 Å². The van der Waals surface area contributed by atoms with Crippen molar-refractivity contribution in [3.63, 3.8) is 0 Å². The Morgan fingerprint density at radius 2 is 1.90 bits per heavy atom. The molecule has 0 aliphatic heterocycles. The summed E-state index contributed by atoms with van der Waals surface area (Å²) in [6, 6.07) is 5.81. The molecule has 110 valence electrons. The Morgan fingerprint density at radius 3 is 2.45 bits per heavy atom. The van der Waals surface area contributed by atoms with E-state index in [9.17, 15) is 9.90 Å². The average molecular weight is 276 g/mol. The summed E-state index contributed by atoms with van der Waals surface area (Å²) >= 11 is 0. The van der Waals surface area contributed by atoms with Crippen molar-refractivity contribution in [2.45, 2.75) is 51.4 Å². The number of hydrogen-bond acceptors (Lipinski definition) is 2. The fraction of sp³-hybridized carbons (Fsp3) is 0.588. The molecule has 0 saturated heterocycles. The Labute approximate surface area is 121 Å². The molecule has 0 heterocycles. The Morgan fingerprint density at radius 1 is 1.25 bits per heavy atom. The molecule has 3 nitrogen and oxygen atoms in total. The van der Waals surface area contributed by atoms with Crippen LogP contribution in [0.5, 0.6) is 5.75 Å². The predicted molar refractivity (Wildman–Crippen MR) is 79.3 cm³/mol. The van der Waals surface area contributed by atoms with Gasteiger partial charge in [-0.15, -0.1) is 0 Å². The molecule has 0 spiro atoms. The van der Waals surface area contributed by atoms with E-state index in [0.29, 0.717) is 0 Å². The number of hydrogen-bond donors (Lipinski definition) is 1. The number of rotatable bonds is 4. The van der Waals surface area contributed by atoms with Gasteiger partial charge in [0.1, 0.15) is 5.75 Å². The van der Waals surface area contributed by atoms with Gasteiger partial charge in [-0.05, 0) is 42.9 Å². The Hall–Kier alpha value is -1.51. The van der Waals surface area contributed by atoms with E-state index in [4.69, 9.17) is 4.74 Å². The summed E-state index contributed by atoms with van der Waals surface area (Å²) in [5.74, 6) is -0.0739. The molecule has 0 aromatic heterocycles. The first-order valence-corrected chi connectivity index (χ1v) is 7.51. The van der Waals surface area contributed by atoms with Gasteiger partial charge in [0.15, 0.2) is 0 Å². The monoisotopic (exact) mass is 276 g/mol. The van der Waals surface area contributed by atoms with Crippen LogP contribution >= 0.6 is 0 Å². The lowest BCUT2D eigenvalue weighted by atomic mass is 9.81. The summed E-state index contributed by atoms with van der Waals surface area (Å²) < 4.78 is 5.33. The van der Waals surface area contributed by atoms with Crippen LogP contribution in [-0.2, 0) is 4.79 Å². The quantitative estimate of drug-likeness (QED) is 0.841. The highest BCUT2D eigenvalue weighted by Crippen LogP contribution is 2.37. The highest BCUT2D eigenvalue weighted by molar-refractivity contribution is 5.76. The van der Waals surface area contributed by atoms with Gasteiger partial charge in [-0.3, -0.25) is 4.79 Å². The number of ether oxygens (including phenoxy) is 1. The first-order chi connectivity index (χ1) is 9.63. The Kier molecular flexibility index (Phi) is 5.05. The van der Waals surface area contributed by atoms with Gasteiger partial charge in [-0.2, -0.15) is 0 Å². The molecule has 0 radical (unpaired) electrons. The molecule has 1 fully saturated rings. The number of aliphatic carboxylic acids is 1. The summed E-state index contributed by atoms with van der Waals surface area (Å²) in [6.07, 6.45) is 6.81. The standard InChI is InChI=1S/C17H24O3/c1-12-9-10-14(11-15(12)20-2)16(17(18)19)13-7-5-3-4-6-8-13/h9-11,13,16H,3-8H2,1-2H3,(H,18,19). The topological polar surface area (TPSA) is 46.5 Å². The normalized spacial score (nSPS) is 18.3. The van der Waals surface area contributed by atoms with Gasteiger partial charge < -0.3 is 9.84 Å². The summed E-state index contributed by atoms with van der Waals surface area (Å²) in [6.45, 7) is 1.98. The van der Waals surface area contributed by atoms with E-state index in [-0.39, 0.29) is 5.92 Å². The van der Waals surface area contributed by atoms with E-state index < -0.39 is 11.9 Å². The summed E-state index contributed by atoms with van der Waals surface area (Å²) in [7, 11) is 1.63. The van der Waals surface area contributed by atoms with Crippen molar-refractivity contribution in [2.24, 2.45) is 5.92 Å². The zero-order valence-electron chi connectivity index (χ0n) is 12.4. The van der Waals surface area contributed by atoms with Crippen LogP contribution in [0, 0.1) is 12.8 Å². The van der Waals surface area contributed by atoms with Crippen molar-refractivity contribution >= 4 is 5.97 Å². The fourth-order valence-electron chi connectivity index (χ4n) is 3.29. The largest absolute Gasteiger partial charge is 0.496 e. The van der Waals surface area contributed by atoms with Gasteiger partial charge in [0.05, 0.1) is 13.0 Å². The lowest BCUT2D eigenvalue weighted by molar-refractivity contribution is -0.140. The van der Waals surface area contributed by atoms with Crippen LogP contribution in [0.3, 0.4) is 0 Å². The molecule has 1 N–H and O–H groups in total. The molecule has 1 atom stereocenters. The molecule has 1 saturated carbocycles. The number of methoxy groups -OCH3 is 1. The molecule has 1 aromatic rings. The van der Waals surface area contributed by atoms with Gasteiger partial charge in [0, 0.05) is 0 Å². The van der Waals surface area contributed by atoms with Gasteiger partial charge in [0.2, 0.25) is 0 Å². The summed E-state index contributed by atoms with van der Waals surface area (Å²) in [4.78, 5) is 11.8. The van der Waals surface area contributed by atoms with E-state index in [1.807, 2.05) is 25.1 Å². The fourth-order valence-corrected chi connectivity index (χ4v) is 3.29. The smallest absolute Gasteiger partial charge is 0.311 e. The molecule has 3 heteroatoms. The van der Waals surface area contributed by atoms with Crippen LogP contribution in [0.25, 0.3) is 0 Å². The minimum absolute atomic E-state index is 0.252. The molecule has 1 aliphatic rings. The highest BCUT2D eigenvalue weighted by Gasteiger charge is 2.30. The van der Waals surface area contributed by atoms with Crippen LogP contribution in [0.2, 0.25) is 0 Å². The molecule has 1 aromatic carbocycles. The zero-order valence-corrected chi connectivity index (χ0v) is 12.4. The Bertz CT molecular complexity index is 459. The van der Waals surface area contributed by atoms with Crippen LogP contribution in [0.1, 0.15) is 55.6 Å². The maximum atomic E-state index is 11.8. The second-order valence-corrected chi connectivity index (χ2v) is 5.80. The zero-order chi connectivity index (χ0) is 14.5. The summed E-state index contributed by atoms with van der Waals surface area (Å²) in [5.41, 5.74) is 1.92. The van der Waals surface area contributed by atoms with Crippen molar-refractivity contribution in [3.05, 3.63) is 29.3 Å². The molecule has 20 heavy (non-hydrogen) atoms. The Balaban J connectivity index is 2.30. The van der Waals surface area contributed by atoms with Crippen LogP contribution in [-0.4, -0.2) is 18.2 Å². The molecule has 1 aliphatic carbocycles. The van der Waals surface area contributed by atoms with Crippen molar-refractivity contribution in [1.29, 1.82) is 0 Å². The lowest BCUT2D eigenvalue weighted by Crippen LogP contribution is -2.21. The van der Waals surface area contributed by atoms with Gasteiger partial charge in [-0.1, -0.05) is 37.8 Å². The van der Waals surface area contributed by atoms with E-state index >= 15 is 0 Å². The van der Waals surface area contributed by atoms with E-state index in [1.165, 1.54) is 12.8 Å². The van der Waals surface area contributed by atoms with Crippen LogP contribution < -0.4 is 4.74 Å². The molecule has 0 amide bonds. The first kappa shape index (κ1) is 14.9. The highest BCUT2D eigenvalue weighted by atomic mass is 16.5. The van der Waals surface area contributed by atoms with Crippen molar-refractivity contribution in [2.75, 3.05) is 7.11 Å². The van der Waals surface area contributed by atoms with Gasteiger partial charge >= 0.3 is 5.97 Å². The average Bonchev–Trinajstić information content (AvgIpc) is 2.69. The van der Waals surface area contributed by atoms with Crippen molar-refractivity contribution < 1.29 is 14.6 Å². The maximum absolute atomic E-state index is 11.8. The van der Waals surface area contributed by atoms with Crippen LogP contribution in [0.4, 0.5) is 0 Å². The minimum Gasteiger partial charge on any atom is -0.496 e. The van der Waals surface area contributed by atoms with Gasteiger partial charge in [-0.25, -0.2) is 0 Å². The SMILES string of the molecule is COc1cc(C(C(=O)O)C2CCCCCC2)ccc1C. The number of aryl methyl sites for hydroxylation is 1. The summed E-state index contributed by atoms with van der Waals surface area (Å²) in [5, 5.41) is 9.66. The molecule has 0 bridgehead atoms. The lowest BCUT2D eigenvalue weighted by Gasteiger charge is -2.23. The first-order valence-electron chi connectivity index (χ1n) is 7.51. The third-order valence-electron chi connectivity index (χ3n) is 4.43. The van der Waals surface area contributed by atoms with E-state index in [2.05, 4.69) is 0 Å². The second kappa shape index (κ2) is 6.78. The number of benzene rings is 1. The molecular weight excluding hydrogens is 252 g/mol. The van der Waals surface area contributed by atoms with Gasteiger partial charge in [0.25, 0.3) is 0 Å². The van der Waals surface area contributed by atoms with E-state index in [0.717, 1.165) is 42.6 Å². The number of carboxylic acids is 1. The minimum atomic E-state index is -0.706. The third kappa shape index (κ3) is 3.33. The molecular formula is C17H24O3. The second-order valence-electron chi connectivity index (χ2n) is 5.80. The number of carbonyl (C=O) groups is 1. The molecule has 2 rings (SSSR count).